The molecule has 2 aliphatic rings. The average Bonchev–Trinajstić information content (AvgIpc) is 3.20. The highest BCUT2D eigenvalue weighted by molar-refractivity contribution is 5.78. The molecule has 154 valence electrons. The van der Waals surface area contributed by atoms with E-state index in [-0.39, 0.29) is 12.5 Å². The van der Waals surface area contributed by atoms with Crippen LogP contribution in [0.2, 0.25) is 0 Å². The van der Waals surface area contributed by atoms with Crippen molar-refractivity contribution in [3.05, 3.63) is 52.6 Å². The van der Waals surface area contributed by atoms with Gasteiger partial charge >= 0.3 is 0 Å². The predicted molar refractivity (Wildman–Crippen MR) is 112 cm³/mol. The number of carbonyl (C=O) groups is 1. The van der Waals surface area contributed by atoms with E-state index in [1.54, 1.807) is 0 Å². The quantitative estimate of drug-likeness (QED) is 0.713. The van der Waals surface area contributed by atoms with Gasteiger partial charge < -0.3 is 19.1 Å². The van der Waals surface area contributed by atoms with E-state index in [0.29, 0.717) is 26.3 Å². The molecule has 0 unspecified atom stereocenters. The highest BCUT2D eigenvalue weighted by Gasteiger charge is 2.23. The molecule has 5 nitrogen and oxygen atoms in total. The number of fused-ring (bicyclic) bond motifs is 2. The van der Waals surface area contributed by atoms with Crippen molar-refractivity contribution in [3.63, 3.8) is 0 Å². The fourth-order valence-electron chi connectivity index (χ4n) is 4.19. The van der Waals surface area contributed by atoms with Gasteiger partial charge in [0.1, 0.15) is 5.75 Å². The van der Waals surface area contributed by atoms with Crippen LogP contribution in [0.1, 0.15) is 42.5 Å². The van der Waals surface area contributed by atoms with Crippen LogP contribution in [0.15, 0.2) is 30.3 Å². The third-order valence-electron chi connectivity index (χ3n) is 5.66. The highest BCUT2D eigenvalue weighted by atomic mass is 16.5. The van der Waals surface area contributed by atoms with Gasteiger partial charge in [-0.1, -0.05) is 6.07 Å². The lowest BCUT2D eigenvalue weighted by Gasteiger charge is -2.29. The Hall–Kier alpha value is -2.69. The van der Waals surface area contributed by atoms with Gasteiger partial charge in [-0.25, -0.2) is 0 Å². The summed E-state index contributed by atoms with van der Waals surface area (Å²) >= 11 is 0. The van der Waals surface area contributed by atoms with E-state index in [2.05, 4.69) is 18.2 Å². The maximum Gasteiger partial charge on any atom is 0.260 e. The van der Waals surface area contributed by atoms with Crippen LogP contribution in [0, 0.1) is 0 Å². The molecule has 29 heavy (non-hydrogen) atoms. The standard InChI is InChI=1S/C24H29NO4/c1-3-27-22-13-19-10-11-25(15-20(19)14-23(22)28-4-2)24(26)16-29-21-9-8-17-6-5-7-18(17)12-21/h8-9,12-14H,3-7,10-11,15-16H2,1-2H3. The van der Waals surface area contributed by atoms with E-state index in [1.165, 1.54) is 23.1 Å². The third kappa shape index (κ3) is 4.34. The first-order chi connectivity index (χ1) is 14.2. The van der Waals surface area contributed by atoms with Crippen molar-refractivity contribution in [3.8, 4) is 17.2 Å². The minimum absolute atomic E-state index is 0.0167. The van der Waals surface area contributed by atoms with E-state index in [4.69, 9.17) is 14.2 Å². The lowest BCUT2D eigenvalue weighted by molar-refractivity contribution is -0.134. The zero-order chi connectivity index (χ0) is 20.2. The Morgan fingerprint density at radius 3 is 2.31 bits per heavy atom. The number of nitrogens with zero attached hydrogens (tertiary/aromatic N) is 1. The van der Waals surface area contributed by atoms with Crippen LogP contribution < -0.4 is 14.2 Å². The summed E-state index contributed by atoms with van der Waals surface area (Å²) in [5.74, 6) is 2.34. The number of hydrogen-bond donors (Lipinski definition) is 0. The molecule has 0 fully saturated rings. The number of hydrogen-bond acceptors (Lipinski definition) is 4. The van der Waals surface area contributed by atoms with Crippen molar-refractivity contribution in [2.24, 2.45) is 0 Å². The van der Waals surface area contributed by atoms with Gasteiger partial charge in [-0.2, -0.15) is 0 Å². The molecule has 1 amide bonds. The lowest BCUT2D eigenvalue weighted by atomic mass is 9.98. The number of amides is 1. The molecule has 0 spiro atoms. The molecule has 0 aromatic heterocycles. The van der Waals surface area contributed by atoms with Crippen LogP contribution in [0.4, 0.5) is 0 Å². The van der Waals surface area contributed by atoms with E-state index < -0.39 is 0 Å². The summed E-state index contributed by atoms with van der Waals surface area (Å²) in [4.78, 5) is 14.6. The molecule has 0 atom stereocenters. The first-order valence-corrected chi connectivity index (χ1v) is 10.6. The summed E-state index contributed by atoms with van der Waals surface area (Å²) in [5.41, 5.74) is 5.11. The van der Waals surface area contributed by atoms with Crippen molar-refractivity contribution in [1.29, 1.82) is 0 Å². The van der Waals surface area contributed by atoms with Crippen molar-refractivity contribution >= 4 is 5.91 Å². The van der Waals surface area contributed by atoms with Gasteiger partial charge in [0.2, 0.25) is 0 Å². The van der Waals surface area contributed by atoms with E-state index >= 15 is 0 Å². The second kappa shape index (κ2) is 8.76. The maximum atomic E-state index is 12.7. The summed E-state index contributed by atoms with van der Waals surface area (Å²) in [6.45, 7) is 6.45. The van der Waals surface area contributed by atoms with Crippen LogP contribution in [0.25, 0.3) is 0 Å². The Morgan fingerprint density at radius 2 is 1.55 bits per heavy atom. The van der Waals surface area contributed by atoms with Crippen LogP contribution in [-0.4, -0.2) is 37.2 Å². The molecule has 4 rings (SSSR count). The van der Waals surface area contributed by atoms with Gasteiger partial charge in [-0.3, -0.25) is 4.79 Å². The largest absolute Gasteiger partial charge is 0.490 e. The number of ether oxygens (including phenoxy) is 3. The monoisotopic (exact) mass is 395 g/mol. The lowest BCUT2D eigenvalue weighted by Crippen LogP contribution is -2.38. The molecule has 0 saturated heterocycles. The second-order valence-electron chi connectivity index (χ2n) is 7.57. The fourth-order valence-corrected chi connectivity index (χ4v) is 4.19. The first-order valence-electron chi connectivity index (χ1n) is 10.6. The molecule has 1 heterocycles. The molecule has 1 aliphatic heterocycles. The molecule has 0 saturated carbocycles. The van der Waals surface area contributed by atoms with Crippen LogP contribution in [-0.2, 0) is 30.6 Å². The summed E-state index contributed by atoms with van der Waals surface area (Å²) in [7, 11) is 0. The first kappa shape index (κ1) is 19.6. The van der Waals surface area contributed by atoms with Gasteiger partial charge in [0.25, 0.3) is 5.91 Å². The highest BCUT2D eigenvalue weighted by Crippen LogP contribution is 2.34. The Bertz CT molecular complexity index is 893. The van der Waals surface area contributed by atoms with E-state index in [9.17, 15) is 4.79 Å². The maximum absolute atomic E-state index is 12.7. The van der Waals surface area contributed by atoms with Crippen molar-refractivity contribution in [2.45, 2.75) is 46.1 Å². The van der Waals surface area contributed by atoms with Crippen molar-refractivity contribution in [1.82, 2.24) is 4.90 Å². The fraction of sp³-hybridized carbons (Fsp3) is 0.458. The predicted octanol–water partition coefficient (Wildman–Crippen LogP) is 3.94. The molecule has 2 aromatic carbocycles. The Balaban J connectivity index is 1.40. The molecule has 5 heteroatoms. The van der Waals surface area contributed by atoms with Crippen molar-refractivity contribution in [2.75, 3.05) is 26.4 Å². The van der Waals surface area contributed by atoms with Crippen LogP contribution in [0.3, 0.4) is 0 Å². The third-order valence-corrected chi connectivity index (χ3v) is 5.66. The van der Waals surface area contributed by atoms with Crippen LogP contribution in [0.5, 0.6) is 17.2 Å². The van der Waals surface area contributed by atoms with Gasteiger partial charge in [0, 0.05) is 13.1 Å². The van der Waals surface area contributed by atoms with E-state index in [0.717, 1.165) is 42.1 Å². The molecule has 2 aromatic rings. The zero-order valence-corrected chi connectivity index (χ0v) is 17.3. The Kier molecular flexibility index (Phi) is 5.93. The molecule has 0 radical (unpaired) electrons. The summed E-state index contributed by atoms with van der Waals surface area (Å²) < 4.78 is 17.3. The topological polar surface area (TPSA) is 48.0 Å². The minimum atomic E-state index is 0.0167. The Morgan fingerprint density at radius 1 is 0.862 bits per heavy atom. The van der Waals surface area contributed by atoms with Gasteiger partial charge in [-0.15, -0.1) is 0 Å². The SMILES string of the molecule is CCOc1cc2c(cc1OCC)CN(C(=O)COc1ccc3c(c1)CCC3)CC2. The number of carbonyl (C=O) groups excluding carboxylic acids is 1. The number of aryl methyl sites for hydroxylation is 2. The molecule has 0 N–H and O–H groups in total. The molecule has 1 aliphatic carbocycles. The van der Waals surface area contributed by atoms with Gasteiger partial charge in [-0.05, 0) is 86.1 Å². The van der Waals surface area contributed by atoms with E-state index in [1.807, 2.05) is 30.9 Å². The Labute approximate surface area is 172 Å². The zero-order valence-electron chi connectivity index (χ0n) is 17.3. The average molecular weight is 395 g/mol. The number of benzene rings is 2. The summed E-state index contributed by atoms with van der Waals surface area (Å²) in [6.07, 6.45) is 4.28. The molecule has 0 bridgehead atoms. The molecular formula is C24H29NO4. The van der Waals surface area contributed by atoms with Crippen molar-refractivity contribution < 1.29 is 19.0 Å². The minimum Gasteiger partial charge on any atom is -0.490 e. The normalized spacial score (nSPS) is 14.9. The van der Waals surface area contributed by atoms with Crippen LogP contribution >= 0.6 is 0 Å². The van der Waals surface area contributed by atoms with Gasteiger partial charge in [0.15, 0.2) is 18.1 Å². The molecular weight excluding hydrogens is 366 g/mol. The number of rotatable bonds is 7. The summed E-state index contributed by atoms with van der Waals surface area (Å²) in [5, 5.41) is 0. The smallest absolute Gasteiger partial charge is 0.260 e. The van der Waals surface area contributed by atoms with Gasteiger partial charge in [0.05, 0.1) is 13.2 Å². The summed E-state index contributed by atoms with van der Waals surface area (Å²) in [6, 6.07) is 10.3. The second-order valence-corrected chi connectivity index (χ2v) is 7.57.